The van der Waals surface area contributed by atoms with Crippen molar-refractivity contribution in [1.82, 2.24) is 20.4 Å². The molecule has 0 atom stereocenters. The molecule has 26 heavy (non-hydrogen) atoms. The lowest BCUT2D eigenvalue weighted by molar-refractivity contribution is 0.0904. The third-order valence-corrected chi connectivity index (χ3v) is 5.25. The summed E-state index contributed by atoms with van der Waals surface area (Å²) >= 11 is 1.62. The normalized spacial score (nSPS) is 15.8. The zero-order valence-electron chi connectivity index (χ0n) is 14.3. The summed E-state index contributed by atoms with van der Waals surface area (Å²) < 4.78 is 5.37. The van der Waals surface area contributed by atoms with E-state index >= 15 is 0 Å². The lowest BCUT2D eigenvalue weighted by Gasteiger charge is -2.31. The molecule has 2 aromatic heterocycles. The molecule has 0 radical (unpaired) electrons. The number of hydrogen-bond acceptors (Lipinski definition) is 6. The highest BCUT2D eigenvalue weighted by atomic mass is 32.1. The minimum absolute atomic E-state index is 0.00126. The van der Waals surface area contributed by atoms with Crippen LogP contribution in [0.25, 0.3) is 11.4 Å². The molecule has 0 bridgehead atoms. The predicted octanol–water partition coefficient (Wildman–Crippen LogP) is 3.19. The van der Waals surface area contributed by atoms with Crippen LogP contribution in [0, 0.1) is 0 Å². The molecule has 1 fully saturated rings. The number of nitrogens with one attached hydrogen (secondary N) is 1. The van der Waals surface area contributed by atoms with Gasteiger partial charge in [0.05, 0.1) is 6.54 Å². The van der Waals surface area contributed by atoms with Gasteiger partial charge < -0.3 is 9.84 Å². The summed E-state index contributed by atoms with van der Waals surface area (Å²) in [5, 5.41) is 11.2. The van der Waals surface area contributed by atoms with Crippen LogP contribution in [0.5, 0.6) is 0 Å². The van der Waals surface area contributed by atoms with Crippen LogP contribution in [0.1, 0.15) is 29.1 Å². The highest BCUT2D eigenvalue weighted by Gasteiger charge is 2.22. The number of hydrogen-bond donors (Lipinski definition) is 1. The van der Waals surface area contributed by atoms with E-state index in [4.69, 9.17) is 4.52 Å². The Labute approximate surface area is 155 Å². The van der Waals surface area contributed by atoms with Gasteiger partial charge in [-0.3, -0.25) is 9.69 Å². The van der Waals surface area contributed by atoms with Gasteiger partial charge in [-0.05, 0) is 36.4 Å². The first kappa shape index (κ1) is 16.9. The Kier molecular flexibility index (Phi) is 5.08. The largest absolute Gasteiger partial charge is 0.349 e. The number of rotatable bonds is 5. The molecule has 1 N–H and O–H groups in total. The number of likely N-dealkylation sites (tertiary alicyclic amines) is 1. The summed E-state index contributed by atoms with van der Waals surface area (Å²) in [6.07, 6.45) is 1.84. The Morgan fingerprint density at radius 2 is 2.04 bits per heavy atom. The van der Waals surface area contributed by atoms with Crippen molar-refractivity contribution >= 4 is 17.2 Å². The van der Waals surface area contributed by atoms with Crippen LogP contribution in [0.2, 0.25) is 0 Å². The maximum Gasteiger partial charge on any atom is 0.251 e. The summed E-state index contributed by atoms with van der Waals surface area (Å²) in [5.41, 5.74) is 1.70. The Morgan fingerprint density at radius 3 is 2.77 bits per heavy atom. The minimum atomic E-state index is 0.00126. The van der Waals surface area contributed by atoms with Gasteiger partial charge in [0.2, 0.25) is 11.7 Å². The van der Waals surface area contributed by atoms with Gasteiger partial charge in [-0.15, -0.1) is 0 Å². The van der Waals surface area contributed by atoms with E-state index in [2.05, 4.69) is 20.4 Å². The molecule has 4 rings (SSSR count). The van der Waals surface area contributed by atoms with Gasteiger partial charge >= 0.3 is 0 Å². The molecule has 6 nitrogen and oxygen atoms in total. The maximum absolute atomic E-state index is 12.2. The highest BCUT2D eigenvalue weighted by molar-refractivity contribution is 7.08. The van der Waals surface area contributed by atoms with Crippen molar-refractivity contribution in [2.45, 2.75) is 25.4 Å². The fraction of sp³-hybridized carbons (Fsp3) is 0.316. The van der Waals surface area contributed by atoms with E-state index < -0.39 is 0 Å². The molecule has 134 valence electrons. The van der Waals surface area contributed by atoms with Gasteiger partial charge in [0.15, 0.2) is 0 Å². The van der Waals surface area contributed by atoms with Crippen molar-refractivity contribution in [2.75, 3.05) is 13.1 Å². The maximum atomic E-state index is 12.2. The Morgan fingerprint density at radius 1 is 1.23 bits per heavy atom. The number of amides is 1. The molecular weight excluding hydrogens is 348 g/mol. The average molecular weight is 368 g/mol. The van der Waals surface area contributed by atoms with Crippen LogP contribution >= 0.6 is 11.3 Å². The average Bonchev–Trinajstić information content (AvgIpc) is 3.36. The van der Waals surface area contributed by atoms with Crippen LogP contribution in [0.4, 0.5) is 0 Å². The molecule has 3 heterocycles. The molecule has 3 aromatic rings. The lowest BCUT2D eigenvalue weighted by atomic mass is 10.0. The zero-order valence-corrected chi connectivity index (χ0v) is 15.1. The molecule has 1 aromatic carbocycles. The van der Waals surface area contributed by atoms with Crippen molar-refractivity contribution in [3.05, 3.63) is 58.6 Å². The van der Waals surface area contributed by atoms with Crippen molar-refractivity contribution in [2.24, 2.45) is 0 Å². The van der Waals surface area contributed by atoms with Gasteiger partial charge in [-0.2, -0.15) is 16.3 Å². The second-order valence-corrected chi connectivity index (χ2v) is 7.19. The summed E-state index contributed by atoms with van der Waals surface area (Å²) in [5.74, 6) is 1.28. The van der Waals surface area contributed by atoms with Gasteiger partial charge in [0.1, 0.15) is 0 Å². The number of carbonyl (C=O) groups is 1. The monoisotopic (exact) mass is 368 g/mol. The van der Waals surface area contributed by atoms with E-state index in [1.54, 1.807) is 11.3 Å². The first-order chi connectivity index (χ1) is 12.8. The summed E-state index contributed by atoms with van der Waals surface area (Å²) in [4.78, 5) is 19.0. The predicted molar refractivity (Wildman–Crippen MR) is 99.8 cm³/mol. The first-order valence-corrected chi connectivity index (χ1v) is 9.65. The molecule has 1 amide bonds. The van der Waals surface area contributed by atoms with E-state index in [1.807, 2.05) is 47.2 Å². The summed E-state index contributed by atoms with van der Waals surface area (Å²) in [6, 6.07) is 11.5. The number of nitrogens with zero attached hydrogens (tertiary/aromatic N) is 3. The smallest absolute Gasteiger partial charge is 0.251 e. The van der Waals surface area contributed by atoms with E-state index in [9.17, 15) is 4.79 Å². The second-order valence-electron chi connectivity index (χ2n) is 6.41. The van der Waals surface area contributed by atoms with Crippen LogP contribution in [-0.4, -0.2) is 40.1 Å². The van der Waals surface area contributed by atoms with Crippen LogP contribution in [0.3, 0.4) is 0 Å². The SMILES string of the molecule is O=C(NC1CCN(Cc2nc(-c3ccsc3)no2)CC1)c1ccccc1. The van der Waals surface area contributed by atoms with Crippen molar-refractivity contribution < 1.29 is 9.32 Å². The second kappa shape index (κ2) is 7.80. The Bertz CT molecular complexity index is 840. The van der Waals surface area contributed by atoms with Crippen LogP contribution < -0.4 is 5.32 Å². The molecule has 0 spiro atoms. The highest BCUT2D eigenvalue weighted by Crippen LogP contribution is 2.20. The zero-order chi connectivity index (χ0) is 17.8. The van der Waals surface area contributed by atoms with E-state index in [0.29, 0.717) is 23.8 Å². The molecule has 0 saturated carbocycles. The Hall–Kier alpha value is -2.51. The number of piperidine rings is 1. The molecule has 0 unspecified atom stereocenters. The Balaban J connectivity index is 1.27. The van der Waals surface area contributed by atoms with Gasteiger partial charge in [0.25, 0.3) is 5.91 Å². The van der Waals surface area contributed by atoms with Crippen molar-refractivity contribution in [3.63, 3.8) is 0 Å². The number of aromatic nitrogens is 2. The van der Waals surface area contributed by atoms with Gasteiger partial charge in [-0.25, -0.2) is 0 Å². The van der Waals surface area contributed by atoms with Crippen molar-refractivity contribution in [1.29, 1.82) is 0 Å². The van der Waals surface area contributed by atoms with Gasteiger partial charge in [-0.1, -0.05) is 23.4 Å². The molecule has 0 aliphatic carbocycles. The van der Waals surface area contributed by atoms with E-state index in [-0.39, 0.29) is 11.9 Å². The van der Waals surface area contributed by atoms with Crippen molar-refractivity contribution in [3.8, 4) is 11.4 Å². The lowest BCUT2D eigenvalue weighted by Crippen LogP contribution is -2.44. The van der Waals surface area contributed by atoms with E-state index in [0.717, 1.165) is 31.5 Å². The topological polar surface area (TPSA) is 71.3 Å². The standard InChI is InChI=1S/C19H20N4O2S/c24-19(14-4-2-1-3-5-14)20-16-6-9-23(10-7-16)12-17-21-18(22-25-17)15-8-11-26-13-15/h1-5,8,11,13,16H,6-7,9-10,12H2,(H,20,24). The molecule has 1 saturated heterocycles. The third kappa shape index (κ3) is 4.00. The fourth-order valence-corrected chi connectivity index (χ4v) is 3.75. The number of thiophene rings is 1. The quantitative estimate of drug-likeness (QED) is 0.749. The summed E-state index contributed by atoms with van der Waals surface area (Å²) in [6.45, 7) is 2.45. The molecule has 1 aliphatic heterocycles. The van der Waals surface area contributed by atoms with E-state index in [1.165, 1.54) is 0 Å². The molecular formula is C19H20N4O2S. The van der Waals surface area contributed by atoms with Gasteiger partial charge in [0, 0.05) is 35.6 Å². The first-order valence-electron chi connectivity index (χ1n) is 8.71. The summed E-state index contributed by atoms with van der Waals surface area (Å²) in [7, 11) is 0. The molecule has 1 aliphatic rings. The van der Waals surface area contributed by atoms with Crippen LogP contribution in [0.15, 0.2) is 51.7 Å². The number of benzene rings is 1. The minimum Gasteiger partial charge on any atom is -0.349 e. The number of carbonyl (C=O) groups excluding carboxylic acids is 1. The third-order valence-electron chi connectivity index (χ3n) is 4.57. The molecule has 7 heteroatoms. The fourth-order valence-electron chi connectivity index (χ4n) is 3.11. The van der Waals surface area contributed by atoms with Crippen LogP contribution in [-0.2, 0) is 6.54 Å².